The number of rotatable bonds is 5. The van der Waals surface area contributed by atoms with Gasteiger partial charge in [0.15, 0.2) is 0 Å². The molecule has 1 N–H and O–H groups in total. The topological polar surface area (TPSA) is 96.4 Å². The van der Waals surface area contributed by atoms with Crippen molar-refractivity contribution in [2.24, 2.45) is 11.8 Å². The molecule has 8 heteroatoms. The summed E-state index contributed by atoms with van der Waals surface area (Å²) in [4.78, 5) is 45.9. The first-order chi connectivity index (χ1) is 20.4. The molecule has 7 rings (SSSR count). The maximum absolute atomic E-state index is 14.8. The van der Waals surface area contributed by atoms with Gasteiger partial charge in [0.2, 0.25) is 5.91 Å². The van der Waals surface area contributed by atoms with E-state index in [-0.39, 0.29) is 25.7 Å². The van der Waals surface area contributed by atoms with E-state index in [4.69, 9.17) is 9.47 Å². The van der Waals surface area contributed by atoms with Gasteiger partial charge in [-0.15, -0.1) is 0 Å². The van der Waals surface area contributed by atoms with E-state index < -0.39 is 47.0 Å². The fraction of sp³-hybridized carbons (Fsp3) is 0.324. The molecule has 8 nitrogen and oxygen atoms in total. The Labute approximate surface area is 243 Å². The van der Waals surface area contributed by atoms with Crippen molar-refractivity contribution in [2.45, 2.75) is 36.6 Å². The second kappa shape index (κ2) is 9.93. The van der Waals surface area contributed by atoms with Crippen LogP contribution in [0.3, 0.4) is 0 Å². The standard InChI is InChI=1S/C34H32N2O6/c1-33-15-8-18-41-32(40)28(33)27-30(38)36(26(21-37)19-22-9-3-2-4-10-22)29-31(39)35(17-7-16-34(27,29)42-33)25-14-13-23-11-5-6-12-24(23)20-25/h2-16,20,26-29,37H,17-19,21H2,1H3/t26-,27+,28-,29?,33+,34+/m1/s1. The molecule has 4 aliphatic rings. The monoisotopic (exact) mass is 564 g/mol. The van der Waals surface area contributed by atoms with Crippen LogP contribution in [-0.2, 0) is 30.3 Å². The molecule has 42 heavy (non-hydrogen) atoms. The Morgan fingerprint density at radius 3 is 2.45 bits per heavy atom. The summed E-state index contributed by atoms with van der Waals surface area (Å²) in [6.07, 6.45) is 7.49. The molecule has 3 aromatic rings. The van der Waals surface area contributed by atoms with E-state index in [2.05, 4.69) is 0 Å². The Hall–Kier alpha value is -4.27. The Morgan fingerprint density at radius 1 is 0.905 bits per heavy atom. The molecule has 0 aromatic heterocycles. The number of likely N-dealkylation sites (tertiary alicyclic amines) is 1. The number of aliphatic hydroxyl groups excluding tert-OH is 1. The third-order valence-corrected chi connectivity index (χ3v) is 9.21. The minimum atomic E-state index is -1.43. The van der Waals surface area contributed by atoms with Crippen molar-refractivity contribution in [2.75, 3.05) is 24.7 Å². The number of cyclic esters (lactones) is 1. The van der Waals surface area contributed by atoms with E-state index in [0.29, 0.717) is 12.1 Å². The van der Waals surface area contributed by atoms with Gasteiger partial charge in [0.25, 0.3) is 5.91 Å². The number of esters is 1. The van der Waals surface area contributed by atoms with Gasteiger partial charge in [-0.25, -0.2) is 0 Å². The van der Waals surface area contributed by atoms with Gasteiger partial charge in [0.1, 0.15) is 24.2 Å². The second-order valence-electron chi connectivity index (χ2n) is 11.7. The van der Waals surface area contributed by atoms with Crippen molar-refractivity contribution in [1.82, 2.24) is 4.90 Å². The summed E-state index contributed by atoms with van der Waals surface area (Å²) in [5, 5.41) is 12.7. The summed E-state index contributed by atoms with van der Waals surface area (Å²) in [6.45, 7) is 1.77. The van der Waals surface area contributed by atoms with E-state index >= 15 is 0 Å². The Bertz CT molecular complexity index is 1640. The van der Waals surface area contributed by atoms with E-state index in [1.807, 2.05) is 78.9 Å². The number of ether oxygens (including phenoxy) is 2. The predicted molar refractivity (Wildman–Crippen MR) is 156 cm³/mol. The molecule has 3 aromatic carbocycles. The summed E-state index contributed by atoms with van der Waals surface area (Å²) >= 11 is 0. The number of aliphatic hydroxyl groups is 1. The fourth-order valence-electron chi connectivity index (χ4n) is 7.40. The number of fused-ring (bicyclic) bond motifs is 3. The van der Waals surface area contributed by atoms with Gasteiger partial charge in [0.05, 0.1) is 24.2 Å². The van der Waals surface area contributed by atoms with Crippen molar-refractivity contribution in [3.8, 4) is 0 Å². The summed E-state index contributed by atoms with van der Waals surface area (Å²) in [5.41, 5.74) is -0.960. The lowest BCUT2D eigenvalue weighted by Crippen LogP contribution is -2.59. The minimum Gasteiger partial charge on any atom is -0.461 e. The lowest BCUT2D eigenvalue weighted by Gasteiger charge is -2.40. The van der Waals surface area contributed by atoms with Crippen LogP contribution in [0, 0.1) is 11.8 Å². The van der Waals surface area contributed by atoms with Crippen molar-refractivity contribution in [3.05, 3.63) is 103 Å². The highest BCUT2D eigenvalue weighted by molar-refractivity contribution is 6.06. The van der Waals surface area contributed by atoms with Gasteiger partial charge in [-0.1, -0.05) is 78.9 Å². The van der Waals surface area contributed by atoms with E-state index in [9.17, 15) is 19.5 Å². The van der Waals surface area contributed by atoms with E-state index in [1.54, 1.807) is 30.1 Å². The summed E-state index contributed by atoms with van der Waals surface area (Å²) in [5.74, 6) is -3.19. The maximum Gasteiger partial charge on any atom is 0.313 e. The molecule has 2 saturated heterocycles. The third-order valence-electron chi connectivity index (χ3n) is 9.21. The molecule has 6 atom stereocenters. The number of hydrogen-bond donors (Lipinski definition) is 1. The maximum atomic E-state index is 14.8. The SMILES string of the molecule is C[C@]12C=CCOC(=O)[C@H]1[C@H]1C(=O)N([C@@H](CO)Cc3ccccc3)C3C(=O)N(c4ccc5ccccc5c4)CC=C[C@@]31O2. The number of amides is 2. The number of carbonyl (C=O) groups is 3. The first-order valence-electron chi connectivity index (χ1n) is 14.4. The zero-order valence-corrected chi connectivity index (χ0v) is 23.3. The summed E-state index contributed by atoms with van der Waals surface area (Å²) < 4.78 is 12.3. The van der Waals surface area contributed by atoms with Crippen LogP contribution in [0.1, 0.15) is 12.5 Å². The van der Waals surface area contributed by atoms with Gasteiger partial charge in [-0.05, 0) is 47.9 Å². The Balaban J connectivity index is 1.37. The van der Waals surface area contributed by atoms with Crippen molar-refractivity contribution in [1.29, 1.82) is 0 Å². The van der Waals surface area contributed by atoms with Crippen LogP contribution in [0.4, 0.5) is 5.69 Å². The van der Waals surface area contributed by atoms with Crippen LogP contribution >= 0.6 is 0 Å². The Kier molecular flexibility index (Phi) is 6.29. The number of carbonyl (C=O) groups excluding carboxylic acids is 3. The quantitative estimate of drug-likeness (QED) is 0.377. The first-order valence-corrected chi connectivity index (χ1v) is 14.4. The average Bonchev–Trinajstić information content (AvgIpc) is 3.26. The fourth-order valence-corrected chi connectivity index (χ4v) is 7.40. The second-order valence-corrected chi connectivity index (χ2v) is 11.7. The Morgan fingerprint density at radius 2 is 1.67 bits per heavy atom. The molecule has 4 heterocycles. The molecule has 0 radical (unpaired) electrons. The number of hydrogen-bond acceptors (Lipinski definition) is 6. The van der Waals surface area contributed by atoms with Crippen molar-refractivity contribution >= 4 is 34.2 Å². The van der Waals surface area contributed by atoms with Crippen LogP contribution in [-0.4, -0.2) is 70.8 Å². The molecule has 1 spiro atoms. The minimum absolute atomic E-state index is 0.0904. The van der Waals surface area contributed by atoms with Crippen molar-refractivity contribution in [3.63, 3.8) is 0 Å². The third kappa shape index (κ3) is 3.93. The van der Waals surface area contributed by atoms with Gasteiger partial charge >= 0.3 is 5.97 Å². The number of benzene rings is 3. The molecular weight excluding hydrogens is 532 g/mol. The molecule has 0 aliphatic carbocycles. The van der Waals surface area contributed by atoms with Crippen LogP contribution in [0.25, 0.3) is 10.8 Å². The molecule has 2 amide bonds. The highest BCUT2D eigenvalue weighted by Gasteiger charge is 2.75. The summed E-state index contributed by atoms with van der Waals surface area (Å²) in [7, 11) is 0. The molecular formula is C34H32N2O6. The van der Waals surface area contributed by atoms with Crippen molar-refractivity contribution < 1.29 is 29.0 Å². The highest BCUT2D eigenvalue weighted by Crippen LogP contribution is 2.58. The van der Waals surface area contributed by atoms with Crippen LogP contribution in [0.2, 0.25) is 0 Å². The summed E-state index contributed by atoms with van der Waals surface area (Å²) in [6, 6.07) is 21.5. The largest absolute Gasteiger partial charge is 0.461 e. The van der Waals surface area contributed by atoms with Crippen LogP contribution in [0.15, 0.2) is 97.1 Å². The zero-order valence-electron chi connectivity index (χ0n) is 23.3. The highest BCUT2D eigenvalue weighted by atomic mass is 16.6. The molecule has 0 bridgehead atoms. The van der Waals surface area contributed by atoms with Gasteiger partial charge < -0.3 is 24.4 Å². The molecule has 0 saturated carbocycles. The molecule has 4 aliphatic heterocycles. The van der Waals surface area contributed by atoms with Crippen LogP contribution < -0.4 is 4.90 Å². The number of anilines is 1. The molecule has 2 fully saturated rings. The van der Waals surface area contributed by atoms with E-state index in [1.165, 1.54) is 4.90 Å². The zero-order chi connectivity index (χ0) is 29.1. The van der Waals surface area contributed by atoms with Crippen LogP contribution in [0.5, 0.6) is 0 Å². The van der Waals surface area contributed by atoms with E-state index in [0.717, 1.165) is 16.3 Å². The van der Waals surface area contributed by atoms with Gasteiger partial charge in [-0.3, -0.25) is 14.4 Å². The predicted octanol–water partition coefficient (Wildman–Crippen LogP) is 3.43. The van der Waals surface area contributed by atoms with Gasteiger partial charge in [-0.2, -0.15) is 0 Å². The normalized spacial score (nSPS) is 30.9. The lowest BCUT2D eigenvalue weighted by atomic mass is 9.75. The number of nitrogens with zero attached hydrogens (tertiary/aromatic N) is 2. The molecule has 214 valence electrons. The molecule has 1 unspecified atom stereocenters. The smallest absolute Gasteiger partial charge is 0.313 e. The average molecular weight is 565 g/mol. The van der Waals surface area contributed by atoms with Gasteiger partial charge in [0, 0.05) is 12.2 Å². The first kappa shape index (κ1) is 26.6. The lowest BCUT2D eigenvalue weighted by molar-refractivity contribution is -0.157.